The molecule has 0 spiro atoms. The molecule has 1 N–H and O–H groups in total. The minimum absolute atomic E-state index is 0.295. The van der Waals surface area contributed by atoms with Crippen LogP contribution in [0.5, 0.6) is 0 Å². The third kappa shape index (κ3) is 3.14. The SMILES string of the molecule is CC(C)(C)OC(=O)N1CCS(=O)(=O)C(F)(C(=O)O)C1. The van der Waals surface area contributed by atoms with Crippen LogP contribution in [-0.4, -0.2) is 59.9 Å². The highest BCUT2D eigenvalue weighted by atomic mass is 32.2. The second-order valence-corrected chi connectivity index (χ2v) is 7.54. The van der Waals surface area contributed by atoms with Crippen LogP contribution in [0.3, 0.4) is 0 Å². The molecule has 0 saturated carbocycles. The van der Waals surface area contributed by atoms with Crippen molar-refractivity contribution in [1.82, 2.24) is 4.90 Å². The van der Waals surface area contributed by atoms with Crippen molar-refractivity contribution in [2.24, 2.45) is 0 Å². The maximum absolute atomic E-state index is 14.1. The van der Waals surface area contributed by atoms with Gasteiger partial charge in [0.05, 0.1) is 12.3 Å². The molecule has 0 aromatic carbocycles. The van der Waals surface area contributed by atoms with Gasteiger partial charge in [-0.25, -0.2) is 22.4 Å². The largest absolute Gasteiger partial charge is 0.478 e. The molecule has 0 radical (unpaired) electrons. The Bertz CT molecular complexity index is 497. The zero-order valence-electron chi connectivity index (χ0n) is 10.8. The van der Waals surface area contributed by atoms with Gasteiger partial charge >= 0.3 is 17.1 Å². The zero-order chi connectivity index (χ0) is 15.1. The molecule has 0 aromatic rings. The number of carboxylic acid groups (broad SMARTS) is 1. The van der Waals surface area contributed by atoms with E-state index in [0.717, 1.165) is 4.90 Å². The van der Waals surface area contributed by atoms with E-state index in [1.54, 1.807) is 20.8 Å². The summed E-state index contributed by atoms with van der Waals surface area (Å²) in [5.41, 5.74) is -0.838. The Hall–Kier alpha value is -1.38. The first-order valence-corrected chi connectivity index (χ1v) is 7.17. The Morgan fingerprint density at radius 1 is 1.37 bits per heavy atom. The average Bonchev–Trinajstić information content (AvgIpc) is 2.19. The van der Waals surface area contributed by atoms with Crippen LogP contribution in [0.1, 0.15) is 20.8 Å². The molecule has 1 unspecified atom stereocenters. The Balaban J connectivity index is 2.94. The highest BCUT2D eigenvalue weighted by Crippen LogP contribution is 2.27. The van der Waals surface area contributed by atoms with Crippen molar-refractivity contribution in [3.8, 4) is 0 Å². The van der Waals surface area contributed by atoms with Gasteiger partial charge in [0.2, 0.25) is 0 Å². The van der Waals surface area contributed by atoms with E-state index in [-0.39, 0.29) is 6.54 Å². The fourth-order valence-electron chi connectivity index (χ4n) is 1.50. The van der Waals surface area contributed by atoms with Crippen molar-refractivity contribution >= 4 is 21.9 Å². The summed E-state index contributed by atoms with van der Waals surface area (Å²) < 4.78 is 42.0. The number of aliphatic carboxylic acids is 1. The second kappa shape index (κ2) is 4.62. The number of alkyl halides is 1. The maximum atomic E-state index is 14.1. The fourth-order valence-corrected chi connectivity index (χ4v) is 2.90. The summed E-state index contributed by atoms with van der Waals surface area (Å²) in [6, 6.07) is 0. The summed E-state index contributed by atoms with van der Waals surface area (Å²) in [7, 11) is -4.45. The third-order valence-corrected chi connectivity index (χ3v) is 4.50. The van der Waals surface area contributed by atoms with Crippen LogP contribution in [0.15, 0.2) is 0 Å². The van der Waals surface area contributed by atoms with Crippen LogP contribution in [-0.2, 0) is 19.4 Å². The van der Waals surface area contributed by atoms with E-state index in [9.17, 15) is 22.4 Å². The van der Waals surface area contributed by atoms with Crippen LogP contribution in [0, 0.1) is 0 Å². The summed E-state index contributed by atoms with van der Waals surface area (Å²) in [4.78, 5) is 23.2. The van der Waals surface area contributed by atoms with Crippen molar-refractivity contribution in [1.29, 1.82) is 0 Å². The topological polar surface area (TPSA) is 101 Å². The molecule has 9 heteroatoms. The number of carboxylic acids is 1. The van der Waals surface area contributed by atoms with Gasteiger partial charge in [-0.2, -0.15) is 0 Å². The number of hydrogen-bond acceptors (Lipinski definition) is 5. The molecule has 110 valence electrons. The highest BCUT2D eigenvalue weighted by molar-refractivity contribution is 7.93. The number of nitrogens with zero attached hydrogens (tertiary/aromatic N) is 1. The molecule has 1 heterocycles. The van der Waals surface area contributed by atoms with Crippen molar-refractivity contribution < 1.29 is 32.2 Å². The van der Waals surface area contributed by atoms with Gasteiger partial charge in [-0.1, -0.05) is 0 Å². The molecule has 0 aliphatic carbocycles. The van der Waals surface area contributed by atoms with Crippen LogP contribution in [0.25, 0.3) is 0 Å². The molecule has 0 bridgehead atoms. The second-order valence-electron chi connectivity index (χ2n) is 5.25. The molecule has 1 saturated heterocycles. The van der Waals surface area contributed by atoms with Crippen LogP contribution >= 0.6 is 0 Å². The molecule has 1 aliphatic rings. The number of carbonyl (C=O) groups excluding carboxylic acids is 1. The Morgan fingerprint density at radius 3 is 2.32 bits per heavy atom. The first kappa shape index (κ1) is 15.7. The molecule has 19 heavy (non-hydrogen) atoms. The van der Waals surface area contributed by atoms with Gasteiger partial charge in [0.25, 0.3) is 0 Å². The lowest BCUT2D eigenvalue weighted by molar-refractivity contribution is -0.146. The zero-order valence-corrected chi connectivity index (χ0v) is 11.7. The molecular formula is C10H16FNO6S. The quantitative estimate of drug-likeness (QED) is 0.752. The smallest absolute Gasteiger partial charge is 0.410 e. The van der Waals surface area contributed by atoms with E-state index in [2.05, 4.69) is 0 Å². The van der Waals surface area contributed by atoms with Gasteiger partial charge in [0.15, 0.2) is 9.84 Å². The van der Waals surface area contributed by atoms with E-state index < -0.39 is 44.8 Å². The molecule has 1 fully saturated rings. The summed E-state index contributed by atoms with van der Waals surface area (Å²) in [6.45, 7) is 3.40. The number of amides is 1. The van der Waals surface area contributed by atoms with Gasteiger partial charge in [0, 0.05) is 6.54 Å². The van der Waals surface area contributed by atoms with Crippen molar-refractivity contribution in [3.63, 3.8) is 0 Å². The fraction of sp³-hybridized carbons (Fsp3) is 0.800. The van der Waals surface area contributed by atoms with Crippen LogP contribution in [0.2, 0.25) is 0 Å². The van der Waals surface area contributed by atoms with E-state index in [1.807, 2.05) is 0 Å². The first-order chi connectivity index (χ1) is 8.39. The van der Waals surface area contributed by atoms with E-state index in [4.69, 9.17) is 9.84 Å². The molecule has 1 aliphatic heterocycles. The lowest BCUT2D eigenvalue weighted by Crippen LogP contribution is -2.59. The van der Waals surface area contributed by atoms with Gasteiger partial charge in [-0.05, 0) is 20.8 Å². The van der Waals surface area contributed by atoms with Gasteiger partial charge in [-0.15, -0.1) is 0 Å². The summed E-state index contributed by atoms with van der Waals surface area (Å²) in [5, 5.41) is 5.25. The molecule has 1 rings (SSSR count). The maximum Gasteiger partial charge on any atom is 0.410 e. The molecular weight excluding hydrogens is 281 g/mol. The summed E-state index contributed by atoms with van der Waals surface area (Å²) in [5.74, 6) is -2.88. The monoisotopic (exact) mass is 297 g/mol. The Labute approximate surface area is 110 Å². The number of halogens is 1. The summed E-state index contributed by atoms with van der Waals surface area (Å²) in [6.07, 6.45) is -0.939. The van der Waals surface area contributed by atoms with Crippen molar-refractivity contribution in [2.45, 2.75) is 31.4 Å². The van der Waals surface area contributed by atoms with Crippen molar-refractivity contribution in [3.05, 3.63) is 0 Å². The van der Waals surface area contributed by atoms with E-state index >= 15 is 0 Å². The normalized spacial score (nSPS) is 26.8. The van der Waals surface area contributed by atoms with Crippen LogP contribution in [0.4, 0.5) is 9.18 Å². The average molecular weight is 297 g/mol. The molecule has 1 atom stereocenters. The number of ether oxygens (including phenoxy) is 1. The summed E-state index contributed by atoms with van der Waals surface area (Å²) >= 11 is 0. The van der Waals surface area contributed by atoms with E-state index in [1.165, 1.54) is 0 Å². The lowest BCUT2D eigenvalue weighted by atomic mass is 10.2. The minimum Gasteiger partial charge on any atom is -0.478 e. The van der Waals surface area contributed by atoms with Crippen molar-refractivity contribution in [2.75, 3.05) is 18.8 Å². The van der Waals surface area contributed by atoms with Gasteiger partial charge < -0.3 is 14.7 Å². The predicted molar refractivity (Wildman–Crippen MR) is 63.1 cm³/mol. The standard InChI is InChI=1S/C10H16FNO6S/c1-9(2,3)18-8(15)12-4-5-19(16,17)10(11,6-12)7(13)14/h4-6H2,1-3H3,(H,13,14). The van der Waals surface area contributed by atoms with E-state index in [0.29, 0.717) is 0 Å². The molecule has 7 nitrogen and oxygen atoms in total. The van der Waals surface area contributed by atoms with Crippen LogP contribution < -0.4 is 0 Å². The minimum atomic E-state index is -4.45. The van der Waals surface area contributed by atoms with Gasteiger partial charge in [0.1, 0.15) is 5.60 Å². The number of carbonyl (C=O) groups is 2. The first-order valence-electron chi connectivity index (χ1n) is 5.51. The Kier molecular flexibility index (Phi) is 3.81. The Morgan fingerprint density at radius 2 is 1.89 bits per heavy atom. The third-order valence-electron chi connectivity index (χ3n) is 2.49. The molecule has 1 amide bonds. The lowest BCUT2D eigenvalue weighted by Gasteiger charge is -2.35. The number of sulfone groups is 1. The van der Waals surface area contributed by atoms with Gasteiger partial charge in [-0.3, -0.25) is 0 Å². The number of rotatable bonds is 1. The highest BCUT2D eigenvalue weighted by Gasteiger charge is 2.56. The molecule has 0 aromatic heterocycles. The predicted octanol–water partition coefficient (Wildman–Crippen LogP) is 0.402. The number of hydrogen-bond donors (Lipinski definition) is 1.